The van der Waals surface area contributed by atoms with Crippen LogP contribution in [0.25, 0.3) is 44.4 Å². The van der Waals surface area contributed by atoms with E-state index in [2.05, 4.69) is 43.7 Å². The number of hydrogen-bond acceptors (Lipinski definition) is 6. The van der Waals surface area contributed by atoms with Gasteiger partial charge in [0.2, 0.25) is 0 Å². The number of hydrogen-bond donors (Lipinski definition) is 2. The fourth-order valence-corrected chi connectivity index (χ4v) is 6.21. The molecule has 3 aromatic rings. The number of aromatic nitrogens is 4. The average Bonchev–Trinajstić information content (AvgIpc) is 3.59. The number of carboxylic acid groups (broad SMARTS) is 2. The first-order chi connectivity index (χ1) is 20.0. The number of nitrogens with zero attached hydrogens (tertiary/aromatic N) is 2. The number of carbonyl (C=O) groups is 2. The number of nitrogens with one attached hydrogen (secondary N) is 2. The maximum absolute atomic E-state index is 11.4. The molecule has 5 heterocycles. The van der Waals surface area contributed by atoms with Gasteiger partial charge in [-0.3, -0.25) is 0 Å². The van der Waals surface area contributed by atoms with Crippen molar-refractivity contribution in [1.29, 1.82) is 0 Å². The van der Waals surface area contributed by atoms with Crippen molar-refractivity contribution < 1.29 is 19.8 Å². The molecule has 0 amide bonds. The van der Waals surface area contributed by atoms with Crippen molar-refractivity contribution in [1.82, 2.24) is 19.9 Å². The van der Waals surface area contributed by atoms with E-state index in [1.165, 1.54) is 16.7 Å². The molecule has 3 aromatic heterocycles. The molecule has 5 rings (SSSR count). The zero-order valence-corrected chi connectivity index (χ0v) is 29.5. The van der Waals surface area contributed by atoms with Crippen molar-refractivity contribution in [3.63, 3.8) is 0 Å². The van der Waals surface area contributed by atoms with Crippen LogP contribution in [0.15, 0.2) is 24.3 Å². The second-order valence-corrected chi connectivity index (χ2v) is 11.1. The minimum absolute atomic E-state index is 0. The quantitative estimate of drug-likeness (QED) is 0.322. The fraction of sp³-hybridized carbons (Fsp3) is 0.353. The smallest absolute Gasteiger partial charge is 0.550 e. The summed E-state index contributed by atoms with van der Waals surface area (Å²) in [6.07, 6.45) is 1.96. The molecule has 0 fully saturated rings. The molecule has 2 N–H and O–H groups in total. The Labute approximate surface area is 271 Å². The van der Waals surface area contributed by atoms with Gasteiger partial charge < -0.3 is 29.8 Å². The molecule has 2 aliphatic heterocycles. The predicted octanol–water partition coefficient (Wildman–Crippen LogP) is 4.60. The minimum Gasteiger partial charge on any atom is -0.550 e. The maximum atomic E-state index is 11.4. The predicted molar refractivity (Wildman–Crippen MR) is 168 cm³/mol. The van der Waals surface area contributed by atoms with E-state index >= 15 is 0 Å². The first-order valence-corrected chi connectivity index (χ1v) is 14.6. The van der Waals surface area contributed by atoms with Gasteiger partial charge in [-0.25, -0.2) is 9.97 Å². The minimum atomic E-state index is -1.13. The number of H-pyrrole nitrogens is 2. The van der Waals surface area contributed by atoms with Crippen LogP contribution in [0, 0.1) is 13.8 Å². The number of allylic oxidation sites excluding steroid dienone is 4. The van der Waals surface area contributed by atoms with Gasteiger partial charge in [-0.1, -0.05) is 13.8 Å². The summed E-state index contributed by atoms with van der Waals surface area (Å²) in [6.45, 7) is 12.4. The maximum Gasteiger partial charge on any atom is 2.00 e. The topological polar surface area (TPSA) is 138 Å². The summed E-state index contributed by atoms with van der Waals surface area (Å²) in [4.78, 5) is 40.0. The van der Waals surface area contributed by atoms with Crippen LogP contribution in [-0.4, -0.2) is 59.2 Å². The SMILES string of the molecule is CCc1c(C)c2cc3[nH]c(cc4nc(cc5nc(cc1[nH]2)C(C)=C5CCC(=O)[O-])C(CCC(=O)[O-])=C4C)c(C)c3CC.[Pb+2]. The fourth-order valence-electron chi connectivity index (χ4n) is 6.21. The zero-order valence-electron chi connectivity index (χ0n) is 25.6. The van der Waals surface area contributed by atoms with E-state index in [1.807, 2.05) is 32.0 Å². The summed E-state index contributed by atoms with van der Waals surface area (Å²) in [5, 5.41) is 22.8. The van der Waals surface area contributed by atoms with Crippen LogP contribution in [0.2, 0.25) is 0 Å². The molecule has 0 saturated carbocycles. The number of rotatable bonds is 8. The van der Waals surface area contributed by atoms with Gasteiger partial charge in [-0.05, 0) is 135 Å². The second-order valence-electron chi connectivity index (χ2n) is 11.1. The first-order valence-electron chi connectivity index (χ1n) is 14.6. The molecule has 0 aromatic carbocycles. The van der Waals surface area contributed by atoms with Crippen molar-refractivity contribution in [3.8, 4) is 0 Å². The van der Waals surface area contributed by atoms with Crippen LogP contribution < -0.4 is 10.2 Å². The molecular weight excluding hydrogens is 736 g/mol. The Kier molecular flexibility index (Phi) is 9.78. The Morgan fingerprint density at radius 1 is 0.628 bits per heavy atom. The number of aromatic amines is 2. The third kappa shape index (κ3) is 6.25. The molecule has 2 aliphatic rings. The van der Waals surface area contributed by atoms with Gasteiger partial charge >= 0.3 is 27.3 Å². The van der Waals surface area contributed by atoms with E-state index in [4.69, 9.17) is 9.97 Å². The molecule has 8 bridgehead atoms. The Balaban J connectivity index is 0.00000423. The van der Waals surface area contributed by atoms with Crippen LogP contribution in [0.4, 0.5) is 0 Å². The molecule has 0 aliphatic carbocycles. The van der Waals surface area contributed by atoms with Gasteiger partial charge in [-0.15, -0.1) is 0 Å². The Hall–Kier alpha value is -3.54. The summed E-state index contributed by atoms with van der Waals surface area (Å²) in [5.41, 5.74) is 14.9. The van der Waals surface area contributed by atoms with Crippen LogP contribution in [0.5, 0.6) is 0 Å². The van der Waals surface area contributed by atoms with Crippen molar-refractivity contribution in [3.05, 3.63) is 69.3 Å². The molecular formula is C34H36N4O4Pb. The molecule has 43 heavy (non-hydrogen) atoms. The number of fused-ring (bicyclic) bond motifs is 8. The Bertz CT molecular complexity index is 1860. The van der Waals surface area contributed by atoms with E-state index < -0.39 is 11.9 Å². The van der Waals surface area contributed by atoms with Crippen LogP contribution in [0.3, 0.4) is 0 Å². The molecule has 0 saturated heterocycles. The second kappa shape index (κ2) is 13.0. The van der Waals surface area contributed by atoms with E-state index in [1.54, 1.807) is 0 Å². The van der Waals surface area contributed by atoms with E-state index in [9.17, 15) is 19.8 Å². The van der Waals surface area contributed by atoms with Crippen molar-refractivity contribution in [2.24, 2.45) is 0 Å². The standard InChI is InChI=1S/C34H38N4O4.Pb/c1-7-21-17(3)25-13-26-19(5)23(9-11-33(39)40)31(37-26)16-32-24(10-12-34(41)42)20(6)28(38-32)15-30-22(8-2)18(4)27(36-30)14-29(21)35-25;/h13-16,35-36H,7-12H2,1-6H3,(H,39,40)(H,41,42);/q;+2/p-2. The van der Waals surface area contributed by atoms with E-state index in [0.717, 1.165) is 74.2 Å². The third-order valence-electron chi connectivity index (χ3n) is 8.67. The molecule has 2 radical (unpaired) electrons. The molecule has 220 valence electrons. The van der Waals surface area contributed by atoms with Crippen LogP contribution in [0.1, 0.15) is 98.4 Å². The normalized spacial score (nSPS) is 13.0. The van der Waals surface area contributed by atoms with Crippen LogP contribution >= 0.6 is 0 Å². The zero-order chi connectivity index (χ0) is 30.3. The van der Waals surface area contributed by atoms with Crippen LogP contribution in [-0.2, 0) is 22.4 Å². The molecule has 8 nitrogen and oxygen atoms in total. The van der Waals surface area contributed by atoms with Gasteiger partial charge in [0.25, 0.3) is 0 Å². The summed E-state index contributed by atoms with van der Waals surface area (Å²) in [6, 6.07) is 8.09. The van der Waals surface area contributed by atoms with E-state index in [-0.39, 0.29) is 53.0 Å². The van der Waals surface area contributed by atoms with Gasteiger partial charge in [0.15, 0.2) is 0 Å². The van der Waals surface area contributed by atoms with E-state index in [0.29, 0.717) is 11.4 Å². The largest absolute Gasteiger partial charge is 2.00 e. The third-order valence-corrected chi connectivity index (χ3v) is 8.67. The Morgan fingerprint density at radius 3 is 1.44 bits per heavy atom. The molecule has 9 heteroatoms. The monoisotopic (exact) mass is 772 g/mol. The van der Waals surface area contributed by atoms with Gasteiger partial charge in [0.05, 0.1) is 22.8 Å². The average molecular weight is 772 g/mol. The van der Waals surface area contributed by atoms with Crippen molar-refractivity contribution in [2.75, 3.05) is 0 Å². The van der Waals surface area contributed by atoms with Gasteiger partial charge in [0.1, 0.15) is 0 Å². The summed E-state index contributed by atoms with van der Waals surface area (Å²) < 4.78 is 0. The summed E-state index contributed by atoms with van der Waals surface area (Å²) in [7, 11) is 0. The van der Waals surface area contributed by atoms with Gasteiger partial charge in [-0.2, -0.15) is 0 Å². The summed E-state index contributed by atoms with van der Waals surface area (Å²) in [5.74, 6) is -2.25. The number of aryl methyl sites for hydroxylation is 4. The van der Waals surface area contributed by atoms with Gasteiger partial charge in [0, 0.05) is 34.0 Å². The Morgan fingerprint density at radius 2 is 1.02 bits per heavy atom. The summed E-state index contributed by atoms with van der Waals surface area (Å²) >= 11 is 0. The van der Waals surface area contributed by atoms with Crippen molar-refractivity contribution in [2.45, 2.75) is 80.1 Å². The first kappa shape index (κ1) is 32.4. The number of carboxylic acids is 2. The molecule has 0 spiro atoms. The molecule has 0 unspecified atom stereocenters. The number of aliphatic carboxylic acids is 2. The molecule has 0 atom stereocenters. The van der Waals surface area contributed by atoms with Crippen molar-refractivity contribution >= 4 is 83.6 Å². The number of carbonyl (C=O) groups excluding carboxylic acids is 2.